The SMILES string of the molecule is Cc1ccc(C(C)N)cc1C. The lowest BCUT2D eigenvalue weighted by molar-refractivity contribution is 0.816. The first kappa shape index (κ1) is 8.28. The molecule has 0 fully saturated rings. The molecule has 1 atom stereocenters. The Balaban J connectivity index is 3.05. The number of hydrogen-bond donors (Lipinski definition) is 1. The molecule has 0 spiro atoms. The summed E-state index contributed by atoms with van der Waals surface area (Å²) in [6.07, 6.45) is 0. The highest BCUT2D eigenvalue weighted by Gasteiger charge is 1.99. The zero-order chi connectivity index (χ0) is 8.43. The number of hydrogen-bond acceptors (Lipinski definition) is 1. The molecule has 1 aromatic rings. The Bertz CT molecular complexity index is 251. The molecule has 0 saturated heterocycles. The highest BCUT2D eigenvalue weighted by molar-refractivity contribution is 5.31. The summed E-state index contributed by atoms with van der Waals surface area (Å²) in [6.45, 7) is 6.23. The third-order valence-electron chi connectivity index (χ3n) is 2.06. The second kappa shape index (κ2) is 3.05. The summed E-state index contributed by atoms with van der Waals surface area (Å²) in [4.78, 5) is 0. The number of nitrogens with two attached hydrogens (primary N) is 1. The summed E-state index contributed by atoms with van der Waals surface area (Å²) in [5.41, 5.74) is 9.60. The molecule has 1 heteroatoms. The minimum Gasteiger partial charge on any atom is -0.324 e. The second-order valence-electron chi connectivity index (χ2n) is 3.13. The number of aryl methyl sites for hydroxylation is 2. The molecule has 0 heterocycles. The first-order valence-corrected chi connectivity index (χ1v) is 3.94. The summed E-state index contributed by atoms with van der Waals surface area (Å²) in [6, 6.07) is 6.51. The molecule has 0 aromatic heterocycles. The molecule has 0 amide bonds. The fourth-order valence-electron chi connectivity index (χ4n) is 1.05. The van der Waals surface area contributed by atoms with E-state index in [9.17, 15) is 0 Å². The quantitative estimate of drug-likeness (QED) is 0.651. The van der Waals surface area contributed by atoms with Gasteiger partial charge in [0.1, 0.15) is 0 Å². The molecule has 1 aromatic carbocycles. The fourth-order valence-corrected chi connectivity index (χ4v) is 1.05. The third-order valence-corrected chi connectivity index (χ3v) is 2.06. The zero-order valence-electron chi connectivity index (χ0n) is 7.39. The molecule has 1 rings (SSSR count). The van der Waals surface area contributed by atoms with Crippen LogP contribution in [0.2, 0.25) is 0 Å². The minimum atomic E-state index is 0.147. The van der Waals surface area contributed by atoms with Crippen LogP contribution in [0.1, 0.15) is 29.7 Å². The van der Waals surface area contributed by atoms with Crippen molar-refractivity contribution in [2.75, 3.05) is 0 Å². The van der Waals surface area contributed by atoms with Crippen molar-refractivity contribution >= 4 is 0 Å². The van der Waals surface area contributed by atoms with Gasteiger partial charge in [-0.2, -0.15) is 0 Å². The molecular weight excluding hydrogens is 134 g/mol. The smallest absolute Gasteiger partial charge is 0.0266 e. The molecule has 0 aliphatic carbocycles. The normalized spacial score (nSPS) is 13.1. The Morgan fingerprint density at radius 3 is 2.27 bits per heavy atom. The van der Waals surface area contributed by atoms with Crippen molar-refractivity contribution in [3.05, 3.63) is 34.9 Å². The fraction of sp³-hybridized carbons (Fsp3) is 0.400. The Morgan fingerprint density at radius 1 is 1.18 bits per heavy atom. The second-order valence-corrected chi connectivity index (χ2v) is 3.13. The lowest BCUT2D eigenvalue weighted by atomic mass is 10.0. The molecule has 60 valence electrons. The molecule has 11 heavy (non-hydrogen) atoms. The van der Waals surface area contributed by atoms with Crippen LogP contribution in [0.3, 0.4) is 0 Å². The lowest BCUT2D eigenvalue weighted by Gasteiger charge is -2.07. The summed E-state index contributed by atoms with van der Waals surface area (Å²) in [5, 5.41) is 0. The molecule has 0 saturated carbocycles. The van der Waals surface area contributed by atoms with E-state index in [4.69, 9.17) is 5.73 Å². The van der Waals surface area contributed by atoms with E-state index in [0.29, 0.717) is 0 Å². The van der Waals surface area contributed by atoms with Crippen LogP contribution in [0.5, 0.6) is 0 Å². The number of benzene rings is 1. The lowest BCUT2D eigenvalue weighted by Crippen LogP contribution is -2.05. The highest BCUT2D eigenvalue weighted by Crippen LogP contribution is 2.14. The average Bonchev–Trinajstić information content (AvgIpc) is 1.94. The maximum absolute atomic E-state index is 5.73. The molecule has 0 aliphatic heterocycles. The first-order chi connectivity index (χ1) is 5.11. The topological polar surface area (TPSA) is 26.0 Å². The molecule has 0 radical (unpaired) electrons. The first-order valence-electron chi connectivity index (χ1n) is 3.94. The van der Waals surface area contributed by atoms with Crippen LogP contribution in [0.4, 0.5) is 0 Å². The van der Waals surface area contributed by atoms with Gasteiger partial charge < -0.3 is 5.73 Å². The largest absolute Gasteiger partial charge is 0.324 e. The van der Waals surface area contributed by atoms with Gasteiger partial charge in [0.2, 0.25) is 0 Å². The maximum Gasteiger partial charge on any atom is 0.0266 e. The van der Waals surface area contributed by atoms with E-state index in [1.165, 1.54) is 16.7 Å². The van der Waals surface area contributed by atoms with Crippen molar-refractivity contribution < 1.29 is 0 Å². The van der Waals surface area contributed by atoms with E-state index in [1.807, 2.05) is 6.92 Å². The maximum atomic E-state index is 5.73. The van der Waals surface area contributed by atoms with E-state index in [2.05, 4.69) is 32.0 Å². The van der Waals surface area contributed by atoms with E-state index in [-0.39, 0.29) is 6.04 Å². The summed E-state index contributed by atoms with van der Waals surface area (Å²) >= 11 is 0. The Labute approximate surface area is 68.2 Å². The van der Waals surface area contributed by atoms with Gasteiger partial charge in [0.15, 0.2) is 0 Å². The predicted octanol–water partition coefficient (Wildman–Crippen LogP) is 2.32. The summed E-state index contributed by atoms with van der Waals surface area (Å²) in [5.74, 6) is 0. The van der Waals surface area contributed by atoms with Crippen molar-refractivity contribution in [1.82, 2.24) is 0 Å². The highest BCUT2D eigenvalue weighted by atomic mass is 14.6. The van der Waals surface area contributed by atoms with Gasteiger partial charge in [-0.15, -0.1) is 0 Å². The molecular formula is C10H15N. The molecule has 1 unspecified atom stereocenters. The van der Waals surface area contributed by atoms with Gasteiger partial charge in [0, 0.05) is 6.04 Å². The van der Waals surface area contributed by atoms with Gasteiger partial charge in [-0.1, -0.05) is 18.2 Å². The molecule has 1 nitrogen and oxygen atoms in total. The average molecular weight is 149 g/mol. The monoisotopic (exact) mass is 149 g/mol. The van der Waals surface area contributed by atoms with Gasteiger partial charge in [0.25, 0.3) is 0 Å². The van der Waals surface area contributed by atoms with Gasteiger partial charge in [-0.25, -0.2) is 0 Å². The van der Waals surface area contributed by atoms with E-state index in [1.54, 1.807) is 0 Å². The van der Waals surface area contributed by atoms with Crippen LogP contribution in [0, 0.1) is 13.8 Å². The van der Waals surface area contributed by atoms with Gasteiger partial charge in [-0.05, 0) is 37.5 Å². The van der Waals surface area contributed by atoms with Gasteiger partial charge >= 0.3 is 0 Å². The van der Waals surface area contributed by atoms with Crippen molar-refractivity contribution in [3.63, 3.8) is 0 Å². The standard InChI is InChI=1S/C10H15N/c1-7-4-5-10(9(3)11)6-8(7)2/h4-6,9H,11H2,1-3H3. The Hall–Kier alpha value is -0.820. The van der Waals surface area contributed by atoms with Crippen LogP contribution in [-0.2, 0) is 0 Å². The zero-order valence-corrected chi connectivity index (χ0v) is 7.39. The van der Waals surface area contributed by atoms with Crippen LogP contribution < -0.4 is 5.73 Å². The molecule has 2 N–H and O–H groups in total. The van der Waals surface area contributed by atoms with Crippen molar-refractivity contribution in [2.45, 2.75) is 26.8 Å². The van der Waals surface area contributed by atoms with E-state index in [0.717, 1.165) is 0 Å². The van der Waals surface area contributed by atoms with E-state index >= 15 is 0 Å². The van der Waals surface area contributed by atoms with Crippen LogP contribution in [-0.4, -0.2) is 0 Å². The summed E-state index contributed by atoms with van der Waals surface area (Å²) in [7, 11) is 0. The molecule has 0 aliphatic rings. The van der Waals surface area contributed by atoms with Crippen molar-refractivity contribution in [1.29, 1.82) is 0 Å². The van der Waals surface area contributed by atoms with Crippen molar-refractivity contribution in [3.8, 4) is 0 Å². The molecule has 0 bridgehead atoms. The van der Waals surface area contributed by atoms with Crippen LogP contribution in [0.15, 0.2) is 18.2 Å². The van der Waals surface area contributed by atoms with Crippen molar-refractivity contribution in [2.24, 2.45) is 5.73 Å². The summed E-state index contributed by atoms with van der Waals surface area (Å²) < 4.78 is 0. The van der Waals surface area contributed by atoms with Crippen LogP contribution in [0.25, 0.3) is 0 Å². The van der Waals surface area contributed by atoms with Gasteiger partial charge in [0.05, 0.1) is 0 Å². The third kappa shape index (κ3) is 1.81. The Morgan fingerprint density at radius 2 is 1.82 bits per heavy atom. The van der Waals surface area contributed by atoms with Gasteiger partial charge in [-0.3, -0.25) is 0 Å². The Kier molecular flexibility index (Phi) is 2.30. The minimum absolute atomic E-state index is 0.147. The number of rotatable bonds is 1. The predicted molar refractivity (Wildman–Crippen MR) is 48.5 cm³/mol. The van der Waals surface area contributed by atoms with Crippen LogP contribution >= 0.6 is 0 Å². The van der Waals surface area contributed by atoms with E-state index < -0.39 is 0 Å².